The molecule has 1 N–H and O–H groups in total. The summed E-state index contributed by atoms with van der Waals surface area (Å²) in [7, 11) is 3.43. The number of aryl methyl sites for hydroxylation is 1. The number of benzene rings is 1. The molecule has 0 bridgehead atoms. The first-order valence-electron chi connectivity index (χ1n) is 5.99. The summed E-state index contributed by atoms with van der Waals surface area (Å²) in [5, 5.41) is 3.03. The van der Waals surface area contributed by atoms with Gasteiger partial charge in [-0.15, -0.1) is 0 Å². The van der Waals surface area contributed by atoms with Gasteiger partial charge >= 0.3 is 0 Å². The van der Waals surface area contributed by atoms with Crippen LogP contribution in [0.2, 0.25) is 0 Å². The van der Waals surface area contributed by atoms with Crippen molar-refractivity contribution in [1.82, 2.24) is 9.97 Å². The number of methoxy groups -OCH3 is 1. The molecule has 1 heterocycles. The van der Waals surface area contributed by atoms with Crippen molar-refractivity contribution < 1.29 is 9.47 Å². The second-order valence-electron chi connectivity index (χ2n) is 4.05. The molecule has 0 atom stereocenters. The molecule has 0 amide bonds. The highest BCUT2D eigenvalue weighted by Crippen LogP contribution is 2.32. The summed E-state index contributed by atoms with van der Waals surface area (Å²) in [6.45, 7) is 3.74. The monoisotopic (exact) mass is 259 g/mol. The van der Waals surface area contributed by atoms with Gasteiger partial charge in [0.2, 0.25) is 5.88 Å². The minimum Gasteiger partial charge on any atom is -0.493 e. The Morgan fingerprint density at radius 1 is 1.05 bits per heavy atom. The molecular weight excluding hydrogens is 242 g/mol. The highest BCUT2D eigenvalue weighted by molar-refractivity contribution is 5.50. The number of aromatic nitrogens is 2. The summed E-state index contributed by atoms with van der Waals surface area (Å²) in [4.78, 5) is 8.63. The van der Waals surface area contributed by atoms with Crippen LogP contribution in [0.4, 0.5) is 5.82 Å². The van der Waals surface area contributed by atoms with Crippen molar-refractivity contribution in [2.24, 2.45) is 0 Å². The summed E-state index contributed by atoms with van der Waals surface area (Å²) in [6.07, 6.45) is 0. The number of hydrogen-bond donors (Lipinski definition) is 1. The van der Waals surface area contributed by atoms with Gasteiger partial charge in [0.15, 0.2) is 11.5 Å². The Hall–Kier alpha value is -2.30. The Labute approximate surface area is 112 Å². The molecule has 0 radical (unpaired) electrons. The van der Waals surface area contributed by atoms with Crippen molar-refractivity contribution in [3.63, 3.8) is 0 Å². The lowest BCUT2D eigenvalue weighted by Crippen LogP contribution is -2.03. The summed E-state index contributed by atoms with van der Waals surface area (Å²) in [5.41, 5.74) is 0.860. The van der Waals surface area contributed by atoms with Crippen LogP contribution in [-0.2, 0) is 0 Å². The SMILES string of the molecule is CNc1nc(C)nc(Oc2ccccc2OC)c1C. The molecule has 2 rings (SSSR count). The second-order valence-corrected chi connectivity index (χ2v) is 4.05. The van der Waals surface area contributed by atoms with Gasteiger partial charge in [-0.25, -0.2) is 4.98 Å². The number of hydrogen-bond acceptors (Lipinski definition) is 5. The molecule has 19 heavy (non-hydrogen) atoms. The molecule has 0 saturated heterocycles. The third-order valence-electron chi connectivity index (χ3n) is 2.73. The number of ether oxygens (including phenoxy) is 2. The lowest BCUT2D eigenvalue weighted by molar-refractivity contribution is 0.372. The number of para-hydroxylation sites is 2. The van der Waals surface area contributed by atoms with Gasteiger partial charge in [-0.2, -0.15) is 4.98 Å². The fraction of sp³-hybridized carbons (Fsp3) is 0.286. The highest BCUT2D eigenvalue weighted by Gasteiger charge is 2.12. The lowest BCUT2D eigenvalue weighted by Gasteiger charge is -2.13. The van der Waals surface area contributed by atoms with E-state index in [1.165, 1.54) is 0 Å². The van der Waals surface area contributed by atoms with Crippen LogP contribution in [0, 0.1) is 13.8 Å². The van der Waals surface area contributed by atoms with Crippen LogP contribution in [0.5, 0.6) is 17.4 Å². The van der Waals surface area contributed by atoms with Gasteiger partial charge in [0.05, 0.1) is 12.7 Å². The first-order chi connectivity index (χ1) is 9.15. The van der Waals surface area contributed by atoms with Gasteiger partial charge < -0.3 is 14.8 Å². The van der Waals surface area contributed by atoms with Crippen LogP contribution in [0.15, 0.2) is 24.3 Å². The lowest BCUT2D eigenvalue weighted by atomic mass is 10.3. The van der Waals surface area contributed by atoms with Gasteiger partial charge in [0.1, 0.15) is 11.6 Å². The molecule has 5 nitrogen and oxygen atoms in total. The summed E-state index contributed by atoms with van der Waals surface area (Å²) in [5.74, 6) is 3.25. The average molecular weight is 259 g/mol. The van der Waals surface area contributed by atoms with Gasteiger partial charge in [-0.1, -0.05) is 12.1 Å². The van der Waals surface area contributed by atoms with Gasteiger partial charge in [-0.3, -0.25) is 0 Å². The number of rotatable bonds is 4. The van der Waals surface area contributed by atoms with Crippen LogP contribution in [0.25, 0.3) is 0 Å². The fourth-order valence-electron chi connectivity index (χ4n) is 1.75. The first kappa shape index (κ1) is 13.1. The second kappa shape index (κ2) is 5.56. The predicted octanol–water partition coefficient (Wildman–Crippen LogP) is 2.94. The Morgan fingerprint density at radius 3 is 2.37 bits per heavy atom. The molecular formula is C14H17N3O2. The van der Waals surface area contributed by atoms with E-state index in [1.54, 1.807) is 7.11 Å². The van der Waals surface area contributed by atoms with Gasteiger partial charge in [0, 0.05) is 7.05 Å². The standard InChI is InChI=1S/C14H17N3O2/c1-9-13(15-3)16-10(2)17-14(9)19-12-8-6-5-7-11(12)18-4/h5-8H,1-4H3,(H,15,16,17). The molecule has 2 aromatic rings. The maximum atomic E-state index is 5.84. The number of nitrogens with zero attached hydrogens (tertiary/aromatic N) is 2. The van der Waals surface area contributed by atoms with E-state index in [0.29, 0.717) is 23.2 Å². The zero-order valence-corrected chi connectivity index (χ0v) is 11.5. The molecule has 0 fully saturated rings. The van der Waals surface area contributed by atoms with Crippen molar-refractivity contribution in [3.8, 4) is 17.4 Å². The van der Waals surface area contributed by atoms with Crippen LogP contribution >= 0.6 is 0 Å². The van der Waals surface area contributed by atoms with E-state index in [2.05, 4.69) is 15.3 Å². The smallest absolute Gasteiger partial charge is 0.227 e. The van der Waals surface area contributed by atoms with Crippen LogP contribution in [0.1, 0.15) is 11.4 Å². The Kier molecular flexibility index (Phi) is 3.85. The van der Waals surface area contributed by atoms with Crippen LogP contribution in [0.3, 0.4) is 0 Å². The van der Waals surface area contributed by atoms with E-state index in [9.17, 15) is 0 Å². The average Bonchev–Trinajstić information content (AvgIpc) is 2.43. The molecule has 0 aliphatic carbocycles. The van der Waals surface area contributed by atoms with Crippen LogP contribution < -0.4 is 14.8 Å². The van der Waals surface area contributed by atoms with Gasteiger partial charge in [0.25, 0.3) is 0 Å². The van der Waals surface area contributed by atoms with Crippen LogP contribution in [-0.4, -0.2) is 24.1 Å². The summed E-state index contributed by atoms with van der Waals surface area (Å²) >= 11 is 0. The normalized spacial score (nSPS) is 10.1. The predicted molar refractivity (Wildman–Crippen MR) is 74.1 cm³/mol. The quantitative estimate of drug-likeness (QED) is 0.914. The number of nitrogens with one attached hydrogen (secondary N) is 1. The Bertz CT molecular complexity index is 585. The zero-order valence-electron chi connectivity index (χ0n) is 11.5. The summed E-state index contributed by atoms with van der Waals surface area (Å²) in [6, 6.07) is 7.47. The van der Waals surface area contributed by atoms with Gasteiger partial charge in [-0.05, 0) is 26.0 Å². The molecule has 0 aliphatic heterocycles. The van der Waals surface area contributed by atoms with E-state index < -0.39 is 0 Å². The third-order valence-corrected chi connectivity index (χ3v) is 2.73. The van der Waals surface area contributed by atoms with E-state index in [4.69, 9.17) is 9.47 Å². The number of anilines is 1. The van der Waals surface area contributed by atoms with Crippen molar-refractivity contribution in [1.29, 1.82) is 0 Å². The van der Waals surface area contributed by atoms with E-state index in [1.807, 2.05) is 45.2 Å². The molecule has 100 valence electrons. The molecule has 0 spiro atoms. The topological polar surface area (TPSA) is 56.3 Å². The summed E-state index contributed by atoms with van der Waals surface area (Å²) < 4.78 is 11.1. The zero-order chi connectivity index (χ0) is 13.8. The highest BCUT2D eigenvalue weighted by atomic mass is 16.5. The van der Waals surface area contributed by atoms with Crippen molar-refractivity contribution in [3.05, 3.63) is 35.7 Å². The van der Waals surface area contributed by atoms with Crippen molar-refractivity contribution in [2.75, 3.05) is 19.5 Å². The fourth-order valence-corrected chi connectivity index (χ4v) is 1.75. The van der Waals surface area contributed by atoms with Crippen molar-refractivity contribution in [2.45, 2.75) is 13.8 Å². The third kappa shape index (κ3) is 2.76. The molecule has 0 aliphatic rings. The molecule has 0 saturated carbocycles. The van der Waals surface area contributed by atoms with E-state index in [0.717, 1.165) is 11.4 Å². The van der Waals surface area contributed by atoms with E-state index >= 15 is 0 Å². The maximum Gasteiger partial charge on any atom is 0.227 e. The first-order valence-corrected chi connectivity index (χ1v) is 5.99. The Morgan fingerprint density at radius 2 is 1.74 bits per heavy atom. The maximum absolute atomic E-state index is 5.84. The largest absolute Gasteiger partial charge is 0.493 e. The minimum atomic E-state index is 0.529. The van der Waals surface area contributed by atoms with E-state index in [-0.39, 0.29) is 0 Å². The molecule has 1 aromatic heterocycles. The molecule has 0 unspecified atom stereocenters. The molecule has 5 heteroatoms. The Balaban J connectivity index is 2.40. The minimum absolute atomic E-state index is 0.529. The molecule has 1 aromatic carbocycles. The van der Waals surface area contributed by atoms with Crippen molar-refractivity contribution >= 4 is 5.82 Å².